The number of aromatic nitrogens is 2. The largest absolute Gasteiger partial charge is 0.381 e. The standard InChI is InChI=1S/C85H126N6O3S6/c1-9-15-21-26-31-33-37-42-47-64(46-40-35-28-23-17-11-3)60-90-63(8)73-76(85(90)93)81(91(84(73)92)61-65(48-41-36-29-24-18-12-4)49-43-38-34-32-27-22-16-10-2)68-54-55-70(96-68)83-67(51-45-57-94-56-44-39-30-25-19-13-5)59-72(98-83)75-79-77(86-99-88-79)74(78-80(75)89-100-87-78)71-58-66(50-20-14-6)82(97-71)69-53-52-62(7)95-69/h52-55,58-59,64-65H,9-51,56-57,60-61H2,1-8H3. The fraction of sp³-hybridized carbons (Fsp3) is 0.671. The van der Waals surface area contributed by atoms with Crippen molar-refractivity contribution in [1.82, 2.24) is 18.5 Å². The summed E-state index contributed by atoms with van der Waals surface area (Å²) in [6.45, 7) is 20.9. The second kappa shape index (κ2) is 44.1. The van der Waals surface area contributed by atoms with Gasteiger partial charge in [-0.3, -0.25) is 9.59 Å². The number of hydrogen-bond acceptors (Lipinski definition) is 12. The van der Waals surface area contributed by atoms with Gasteiger partial charge in [0.2, 0.25) is 0 Å². The number of benzene rings is 1. The molecule has 550 valence electrons. The van der Waals surface area contributed by atoms with Crippen molar-refractivity contribution in [2.75, 3.05) is 26.3 Å². The summed E-state index contributed by atoms with van der Waals surface area (Å²) in [5.41, 5.74) is 11.3. The van der Waals surface area contributed by atoms with Crippen LogP contribution in [-0.4, -0.2) is 56.7 Å². The lowest BCUT2D eigenvalue weighted by Crippen LogP contribution is -2.34. The number of thiophene rings is 4. The molecular formula is C85H126N6O3S6. The van der Waals surface area contributed by atoms with Crippen molar-refractivity contribution in [2.45, 2.75) is 331 Å². The molecule has 0 fully saturated rings. The van der Waals surface area contributed by atoms with Gasteiger partial charge in [-0.05, 0) is 131 Å². The molecule has 2 unspecified atom stereocenters. The summed E-state index contributed by atoms with van der Waals surface area (Å²) in [5, 5.41) is 0. The Hall–Kier alpha value is -3.96. The molecule has 0 aliphatic carbocycles. The molecule has 0 saturated heterocycles. The SMILES string of the molecule is CCCCCCCCCCC(CCCCCCCC)CN1C(=O)C2=C(c3ccc(-c4sc(-c5c6c(c(-c7cc(CCCC)c(-c8ccc(C)s8)s7)c7nsnc57)N=S=N6)cc4CCCOCCCCCCCC)s3)N(CC(CCCCCCCC)CCCCCCCCCC)C(=O)C2=C1C. The van der Waals surface area contributed by atoms with Gasteiger partial charge in [0.15, 0.2) is 0 Å². The zero-order valence-corrected chi connectivity index (χ0v) is 68.1. The van der Waals surface area contributed by atoms with E-state index in [0.717, 1.165) is 130 Å². The molecule has 9 rings (SSSR count). The van der Waals surface area contributed by atoms with Crippen molar-refractivity contribution < 1.29 is 14.3 Å². The second-order valence-corrected chi connectivity index (χ2v) is 35.2. The number of nitrogens with zero attached hydrogens (tertiary/aromatic N) is 6. The summed E-state index contributed by atoms with van der Waals surface area (Å²) in [7, 11) is 0. The highest BCUT2D eigenvalue weighted by Gasteiger charge is 2.48. The maximum atomic E-state index is 15.9. The Bertz CT molecular complexity index is 3590. The third-order valence-electron chi connectivity index (χ3n) is 21.4. The molecule has 0 spiro atoms. The highest BCUT2D eigenvalue weighted by atomic mass is 32.1. The molecule has 9 nitrogen and oxygen atoms in total. The molecule has 100 heavy (non-hydrogen) atoms. The van der Waals surface area contributed by atoms with E-state index in [1.165, 1.54) is 270 Å². The van der Waals surface area contributed by atoms with Crippen molar-refractivity contribution in [3.63, 3.8) is 0 Å². The molecular weight excluding hydrogens is 1350 g/mol. The van der Waals surface area contributed by atoms with Gasteiger partial charge in [-0.15, -0.1) is 45.3 Å². The van der Waals surface area contributed by atoms with Gasteiger partial charge in [0.1, 0.15) is 22.4 Å². The molecule has 15 heteroatoms. The van der Waals surface area contributed by atoms with E-state index >= 15 is 9.59 Å². The molecule has 2 amide bonds. The number of rotatable bonds is 55. The molecule has 0 bridgehead atoms. The fourth-order valence-electron chi connectivity index (χ4n) is 15.5. The van der Waals surface area contributed by atoms with Gasteiger partial charge in [-0.2, -0.15) is 17.5 Å². The highest BCUT2D eigenvalue weighted by molar-refractivity contribution is 7.58. The van der Waals surface area contributed by atoms with E-state index in [0.29, 0.717) is 42.7 Å². The van der Waals surface area contributed by atoms with Gasteiger partial charge in [0.05, 0.1) is 44.8 Å². The first-order chi connectivity index (χ1) is 49.1. The minimum atomic E-state index is 0.0376. The van der Waals surface area contributed by atoms with Gasteiger partial charge in [-0.1, -0.05) is 260 Å². The molecule has 3 aliphatic heterocycles. The Morgan fingerprint density at radius 2 is 0.790 bits per heavy atom. The first-order valence-electron chi connectivity index (χ1n) is 40.6. The number of amides is 2. The molecule has 1 aromatic carbocycles. The second-order valence-electron chi connectivity index (χ2n) is 29.7. The van der Waals surface area contributed by atoms with E-state index in [9.17, 15) is 0 Å². The minimum absolute atomic E-state index is 0.0376. The van der Waals surface area contributed by atoms with Crippen LogP contribution in [0.25, 0.3) is 57.1 Å². The van der Waals surface area contributed by atoms with Gasteiger partial charge < -0.3 is 14.5 Å². The van der Waals surface area contributed by atoms with E-state index in [4.69, 9.17) is 22.2 Å². The fourth-order valence-corrected chi connectivity index (χ4v) is 21.4. The zero-order chi connectivity index (χ0) is 70.3. The van der Waals surface area contributed by atoms with Gasteiger partial charge in [-0.25, -0.2) is 0 Å². The first kappa shape index (κ1) is 80.1. The van der Waals surface area contributed by atoms with Crippen LogP contribution >= 0.6 is 57.1 Å². The zero-order valence-electron chi connectivity index (χ0n) is 63.2. The van der Waals surface area contributed by atoms with Crippen LogP contribution in [0.2, 0.25) is 0 Å². The van der Waals surface area contributed by atoms with E-state index in [2.05, 4.69) is 102 Å². The van der Waals surface area contributed by atoms with Crippen LogP contribution < -0.4 is 0 Å². The van der Waals surface area contributed by atoms with Crippen LogP contribution in [0.1, 0.15) is 333 Å². The number of allylic oxidation sites excluding steroid dienone is 1. The lowest BCUT2D eigenvalue weighted by Gasteiger charge is -2.29. The Morgan fingerprint density at radius 1 is 0.400 bits per heavy atom. The van der Waals surface area contributed by atoms with Gasteiger partial charge in [0.25, 0.3) is 11.8 Å². The van der Waals surface area contributed by atoms with Crippen LogP contribution in [-0.2, 0) is 38.5 Å². The Labute approximate surface area is 629 Å². The summed E-state index contributed by atoms with van der Waals surface area (Å²) < 4.78 is 27.0. The minimum Gasteiger partial charge on any atom is -0.381 e. The predicted molar refractivity (Wildman–Crippen MR) is 439 cm³/mol. The monoisotopic (exact) mass is 1470 g/mol. The molecule has 0 saturated carbocycles. The van der Waals surface area contributed by atoms with Crippen molar-refractivity contribution >= 4 is 108 Å². The van der Waals surface area contributed by atoms with Crippen LogP contribution in [0.3, 0.4) is 0 Å². The Balaban J connectivity index is 1.08. The average molecular weight is 1470 g/mol. The van der Waals surface area contributed by atoms with E-state index in [1.54, 1.807) is 11.3 Å². The van der Waals surface area contributed by atoms with Crippen LogP contribution in [0, 0.1) is 18.8 Å². The summed E-state index contributed by atoms with van der Waals surface area (Å²) >= 11 is 9.89. The third kappa shape index (κ3) is 22.5. The van der Waals surface area contributed by atoms with Crippen LogP contribution in [0.15, 0.2) is 62.0 Å². The van der Waals surface area contributed by atoms with E-state index in [1.807, 2.05) is 34.0 Å². The summed E-state index contributed by atoms with van der Waals surface area (Å²) in [4.78, 5) is 45.6. The van der Waals surface area contributed by atoms with Crippen LogP contribution in [0.5, 0.6) is 0 Å². The number of aryl methyl sites for hydroxylation is 3. The maximum Gasteiger partial charge on any atom is 0.261 e. The molecule has 5 aromatic heterocycles. The number of unbranched alkanes of at least 4 members (excludes halogenated alkanes) is 30. The number of carbonyl (C=O) groups is 2. The predicted octanol–water partition coefficient (Wildman–Crippen LogP) is 28.8. The molecule has 6 aromatic rings. The third-order valence-corrected chi connectivity index (χ3v) is 27.3. The first-order valence-corrected chi connectivity index (χ1v) is 45.4. The number of fused-ring (bicyclic) bond motifs is 3. The number of ether oxygens (including phenoxy) is 1. The number of hydrogen-bond donors (Lipinski definition) is 0. The van der Waals surface area contributed by atoms with E-state index in [-0.39, 0.29) is 11.8 Å². The smallest absolute Gasteiger partial charge is 0.261 e. The lowest BCUT2D eigenvalue weighted by molar-refractivity contribution is -0.125. The highest BCUT2D eigenvalue weighted by Crippen LogP contribution is 2.57. The normalized spacial score (nSPS) is 14.4. The molecule has 2 atom stereocenters. The van der Waals surface area contributed by atoms with Crippen molar-refractivity contribution in [3.8, 4) is 40.4 Å². The van der Waals surface area contributed by atoms with E-state index < -0.39 is 0 Å². The Kier molecular flexibility index (Phi) is 35.3. The topological polar surface area (TPSA) is 100 Å². The molecule has 0 radical (unpaired) electrons. The molecule has 0 N–H and O–H groups in total. The van der Waals surface area contributed by atoms with Crippen molar-refractivity contribution in [2.24, 2.45) is 20.6 Å². The molecule has 3 aliphatic rings. The van der Waals surface area contributed by atoms with Crippen molar-refractivity contribution in [3.05, 3.63) is 74.1 Å². The number of carbonyl (C=O) groups excluding carboxylic acids is 2. The summed E-state index contributed by atoms with van der Waals surface area (Å²) in [6, 6.07) is 13.9. The lowest BCUT2D eigenvalue weighted by atomic mass is 9.93. The average Bonchev–Trinajstić information content (AvgIpc) is 1.57. The quantitative estimate of drug-likeness (QED) is 0.0354. The Morgan fingerprint density at radius 3 is 1.25 bits per heavy atom. The van der Waals surface area contributed by atoms with Crippen molar-refractivity contribution in [1.29, 1.82) is 0 Å². The van der Waals surface area contributed by atoms with Crippen LogP contribution in [0.4, 0.5) is 11.4 Å². The molecule has 8 heterocycles. The summed E-state index contributed by atoms with van der Waals surface area (Å²) in [5.74, 6) is 0.835. The summed E-state index contributed by atoms with van der Waals surface area (Å²) in [6.07, 6.45) is 52.9. The van der Waals surface area contributed by atoms with Gasteiger partial charge >= 0.3 is 0 Å². The van der Waals surface area contributed by atoms with Gasteiger partial charge in [0, 0.05) is 77.3 Å². The maximum absolute atomic E-state index is 15.9.